The average molecular weight is 615 g/mol. The number of ether oxygens (including phenoxy) is 1. The summed E-state index contributed by atoms with van der Waals surface area (Å²) in [5.41, 5.74) is 0.761. The van der Waals surface area contributed by atoms with Crippen molar-refractivity contribution in [2.45, 2.75) is 51.6 Å². The van der Waals surface area contributed by atoms with E-state index in [-0.39, 0.29) is 33.3 Å². The second-order valence-corrected chi connectivity index (χ2v) is 10.9. The van der Waals surface area contributed by atoms with Gasteiger partial charge in [0, 0.05) is 22.8 Å². The van der Waals surface area contributed by atoms with Gasteiger partial charge in [0.25, 0.3) is 0 Å². The molecule has 0 bridgehead atoms. The molecule has 1 aliphatic rings. The number of aromatic hydroxyl groups is 1. The number of carbonyl (C=O) groups excluding carboxylic acids is 1. The lowest BCUT2D eigenvalue weighted by molar-refractivity contribution is 0.0650. The number of Topliss-reactive ketones (excluding diaryl/α,β-unsaturated/α-hetero) is 1. The number of ketones is 1. The van der Waals surface area contributed by atoms with Crippen molar-refractivity contribution in [1.82, 2.24) is 0 Å². The highest BCUT2D eigenvalue weighted by molar-refractivity contribution is 7.81. The number of phenolic OH excluding ortho intramolecular Hbond substituents is 1. The van der Waals surface area contributed by atoms with E-state index in [9.17, 15) is 29.7 Å². The van der Waals surface area contributed by atoms with E-state index in [1.54, 1.807) is 66.8 Å². The minimum atomic E-state index is -1.43. The highest BCUT2D eigenvalue weighted by Gasteiger charge is 2.30. The van der Waals surface area contributed by atoms with Crippen molar-refractivity contribution in [2.24, 2.45) is 0 Å². The Hall–Kier alpha value is -4.60. The second-order valence-electron chi connectivity index (χ2n) is 10.4. The number of hydrogen-bond donors (Lipinski definition) is 3. The van der Waals surface area contributed by atoms with E-state index in [1.165, 1.54) is 13.0 Å². The molecule has 228 valence electrons. The number of hydrogen-bond acceptors (Lipinski definition) is 8. The molecule has 1 heterocycles. The summed E-state index contributed by atoms with van der Waals surface area (Å²) >= 11 is 5.20. The number of rotatable bonds is 13. The van der Waals surface area contributed by atoms with Crippen molar-refractivity contribution in [3.05, 3.63) is 116 Å². The van der Waals surface area contributed by atoms with Crippen LogP contribution in [-0.2, 0) is 6.42 Å². The maximum Gasteiger partial charge on any atom is 0.372 e. The Balaban J connectivity index is 1.59. The number of aliphatic hydroxyl groups is 1. The summed E-state index contributed by atoms with van der Waals surface area (Å²) in [7, 11) is 0. The van der Waals surface area contributed by atoms with E-state index < -0.39 is 29.2 Å². The maximum atomic E-state index is 13.7. The molecule has 0 saturated carbocycles. The minimum absolute atomic E-state index is 0.0519. The summed E-state index contributed by atoms with van der Waals surface area (Å²) in [4.78, 5) is 38.2. The van der Waals surface area contributed by atoms with Crippen molar-refractivity contribution in [2.75, 3.05) is 6.61 Å². The first-order chi connectivity index (χ1) is 21.1. The Morgan fingerprint density at radius 3 is 2.57 bits per heavy atom. The Kier molecular flexibility index (Phi) is 10.8. The second kappa shape index (κ2) is 14.7. The average Bonchev–Trinajstić information content (AvgIpc) is 3.00. The molecule has 0 radical (unpaired) electrons. The number of benzene rings is 2. The number of carbonyl (C=O) groups is 2. The summed E-state index contributed by atoms with van der Waals surface area (Å²) in [5.74, 6) is -2.77. The highest BCUT2D eigenvalue weighted by atomic mass is 32.1. The van der Waals surface area contributed by atoms with Crippen molar-refractivity contribution in [3.8, 4) is 11.5 Å². The monoisotopic (exact) mass is 614 g/mol. The molecule has 2 aromatic carbocycles. The lowest BCUT2D eigenvalue weighted by atomic mass is 9.87. The van der Waals surface area contributed by atoms with Crippen LogP contribution in [0, 0.1) is 0 Å². The Morgan fingerprint density at radius 2 is 1.89 bits per heavy atom. The van der Waals surface area contributed by atoms with Gasteiger partial charge in [-0.1, -0.05) is 86.3 Å². The fraction of sp³-hybridized carbons (Fsp3) is 0.257. The molecule has 0 aliphatic heterocycles. The van der Waals surface area contributed by atoms with Crippen molar-refractivity contribution >= 4 is 41.0 Å². The molecule has 0 unspecified atom stereocenters. The normalized spacial score (nSPS) is 14.1. The van der Waals surface area contributed by atoms with Gasteiger partial charge in [0.2, 0.25) is 5.76 Å². The fourth-order valence-electron chi connectivity index (χ4n) is 5.09. The van der Waals surface area contributed by atoms with Gasteiger partial charge in [-0.15, -0.1) is 0 Å². The molecule has 3 aromatic rings. The predicted molar refractivity (Wildman–Crippen MR) is 172 cm³/mol. The lowest BCUT2D eigenvalue weighted by Crippen LogP contribution is -2.45. The number of aliphatic hydroxyl groups excluding tert-OH is 1. The Morgan fingerprint density at radius 1 is 1.14 bits per heavy atom. The van der Waals surface area contributed by atoms with E-state index >= 15 is 0 Å². The first-order valence-electron chi connectivity index (χ1n) is 14.3. The van der Waals surface area contributed by atoms with Gasteiger partial charge in [0.05, 0.1) is 29.1 Å². The van der Waals surface area contributed by atoms with E-state index in [0.29, 0.717) is 47.6 Å². The number of allylic oxidation sites excluding steroid dienone is 2. The van der Waals surface area contributed by atoms with Crippen molar-refractivity contribution in [1.29, 1.82) is 0 Å². The summed E-state index contributed by atoms with van der Waals surface area (Å²) in [5, 5.41) is 32.1. The van der Waals surface area contributed by atoms with E-state index in [0.717, 1.165) is 6.42 Å². The summed E-state index contributed by atoms with van der Waals surface area (Å²) < 4.78 is 11.6. The van der Waals surface area contributed by atoms with Crippen LogP contribution in [0.4, 0.5) is 0 Å². The zero-order chi connectivity index (χ0) is 31.8. The van der Waals surface area contributed by atoms with Gasteiger partial charge >= 0.3 is 5.97 Å². The van der Waals surface area contributed by atoms with E-state index in [4.69, 9.17) is 21.4 Å². The van der Waals surface area contributed by atoms with Crippen LogP contribution >= 0.6 is 12.2 Å². The Labute approximate surface area is 259 Å². The molecular weight excluding hydrogens is 580 g/mol. The summed E-state index contributed by atoms with van der Waals surface area (Å²) in [6, 6.07) is 11.9. The molecule has 4 rings (SSSR count). The van der Waals surface area contributed by atoms with Crippen LogP contribution in [-0.4, -0.2) is 38.5 Å². The van der Waals surface area contributed by atoms with Crippen LogP contribution in [0.3, 0.4) is 0 Å². The molecule has 3 N–H and O–H groups in total. The van der Waals surface area contributed by atoms with Gasteiger partial charge in [-0.25, -0.2) is 4.79 Å². The van der Waals surface area contributed by atoms with Gasteiger partial charge in [0.15, 0.2) is 11.2 Å². The molecule has 0 fully saturated rings. The molecule has 0 amide bonds. The largest absolute Gasteiger partial charge is 0.507 e. The molecule has 0 spiro atoms. The minimum Gasteiger partial charge on any atom is -0.507 e. The smallest absolute Gasteiger partial charge is 0.372 e. The van der Waals surface area contributed by atoms with Crippen molar-refractivity contribution < 1.29 is 34.1 Å². The van der Waals surface area contributed by atoms with Gasteiger partial charge < -0.3 is 24.5 Å². The predicted octanol–water partition coefficient (Wildman–Crippen LogP) is 4.93. The van der Waals surface area contributed by atoms with Gasteiger partial charge in [0.1, 0.15) is 16.9 Å². The van der Waals surface area contributed by atoms with Gasteiger partial charge in [-0.3, -0.25) is 9.59 Å². The number of aromatic carboxylic acids is 1. The quantitative estimate of drug-likeness (QED) is 0.106. The van der Waals surface area contributed by atoms with E-state index in [1.807, 2.05) is 13.0 Å². The zero-order valence-corrected chi connectivity index (χ0v) is 25.3. The van der Waals surface area contributed by atoms with Crippen LogP contribution in [0.2, 0.25) is 0 Å². The van der Waals surface area contributed by atoms with Crippen LogP contribution in [0.15, 0.2) is 76.0 Å². The number of carboxylic acids is 1. The molecule has 1 aliphatic carbocycles. The van der Waals surface area contributed by atoms with Gasteiger partial charge in [-0.2, -0.15) is 0 Å². The first kappa shape index (κ1) is 32.3. The third-order valence-electron chi connectivity index (χ3n) is 7.25. The summed E-state index contributed by atoms with van der Waals surface area (Å²) in [6.45, 7) is 3.67. The number of phenols is 1. The highest BCUT2D eigenvalue weighted by Crippen LogP contribution is 2.34. The number of thiocarbonyl (C=S) groups is 1. The number of carboxylic acid groups (broad SMARTS) is 1. The summed E-state index contributed by atoms with van der Waals surface area (Å²) in [6.07, 6.45) is 10.8. The molecule has 1 aromatic heterocycles. The molecule has 0 saturated heterocycles. The molecule has 2 atom stereocenters. The molecular formula is C35H34O8S. The third-order valence-corrected chi connectivity index (χ3v) is 7.53. The van der Waals surface area contributed by atoms with Crippen LogP contribution < -0.4 is 20.8 Å². The van der Waals surface area contributed by atoms with Crippen LogP contribution in [0.1, 0.15) is 82.7 Å². The van der Waals surface area contributed by atoms with Crippen LogP contribution in [0.5, 0.6) is 11.5 Å². The molecule has 8 nitrogen and oxygen atoms in total. The third kappa shape index (κ3) is 7.30. The van der Waals surface area contributed by atoms with Crippen molar-refractivity contribution in [3.63, 3.8) is 0 Å². The zero-order valence-electron chi connectivity index (χ0n) is 24.5. The standard InChI is InChI=1S/C35H34O8S/c1-3-11-25-28(18-17-24(21(2)36)32(25)38)42-19-10-5-4-9-14-27(31(37)22-12-7-6-8-13-22)30-33(39)26-16-15-23(44)20-29(26)43-34(30)35(40)41/h4-9,12-14,16-18,20,27,31,37-38H,3,10-11,15,19H2,1-2H3,(H,40,41)/b5-4-,14-9+/t27-,31-/m0/s1. The maximum absolute atomic E-state index is 13.7. The topological polar surface area (TPSA) is 134 Å². The van der Waals surface area contributed by atoms with Crippen LogP contribution in [0.25, 0.3) is 12.2 Å². The van der Waals surface area contributed by atoms with Gasteiger partial charge in [-0.05, 0) is 43.5 Å². The SMILES string of the molecule is CCCc1c(OCC/C=C\C=C\[C@@H](c2c(C(=O)O)oc3c(c2=O)=CCC(=S)C=3)[C@@H](O)c2ccccc2)ccc(C(C)=O)c1O. The fourth-order valence-corrected chi connectivity index (χ4v) is 5.28. The first-order valence-corrected chi connectivity index (χ1v) is 14.7. The number of fused-ring (bicyclic) bond motifs is 1. The molecule has 44 heavy (non-hydrogen) atoms. The lowest BCUT2D eigenvalue weighted by Gasteiger charge is -2.21. The van der Waals surface area contributed by atoms with E-state index in [2.05, 4.69) is 0 Å². The Bertz CT molecular complexity index is 1800. The molecule has 9 heteroatoms.